The van der Waals surface area contributed by atoms with E-state index >= 15 is 0 Å². The number of hydrogen-bond donors (Lipinski definition) is 1. The third kappa shape index (κ3) is 5.31. The van der Waals surface area contributed by atoms with Crippen molar-refractivity contribution in [1.82, 2.24) is 10.2 Å². The number of hydrogen-bond acceptors (Lipinski definition) is 4. The minimum Gasteiger partial charge on any atom is -0.383 e. The van der Waals surface area contributed by atoms with E-state index in [1.54, 1.807) is 7.11 Å². The number of nitriles is 2. The van der Waals surface area contributed by atoms with Crippen LogP contribution < -0.4 is 5.32 Å². The molecule has 0 bridgehead atoms. The van der Waals surface area contributed by atoms with E-state index in [0.29, 0.717) is 18.3 Å². The summed E-state index contributed by atoms with van der Waals surface area (Å²) in [6, 6.07) is 3.88. The van der Waals surface area contributed by atoms with Crippen LogP contribution in [0, 0.1) is 22.7 Å². The van der Waals surface area contributed by atoms with E-state index in [9.17, 15) is 0 Å². The molecule has 14 heavy (non-hydrogen) atoms. The van der Waals surface area contributed by atoms with Gasteiger partial charge >= 0.3 is 0 Å². The smallest absolute Gasteiger partial charge is 0.170 e. The van der Waals surface area contributed by atoms with Crippen LogP contribution in [0.2, 0.25) is 0 Å². The molecule has 5 nitrogen and oxygen atoms in total. The Labute approximate surface area is 88.9 Å². The van der Waals surface area contributed by atoms with Crippen LogP contribution in [-0.2, 0) is 4.74 Å². The van der Waals surface area contributed by atoms with Crippen LogP contribution in [-0.4, -0.2) is 43.4 Å². The van der Waals surface area contributed by atoms with Gasteiger partial charge in [-0.15, -0.1) is 0 Å². The lowest BCUT2D eigenvalue weighted by Gasteiger charge is -2.19. The Hall–Kier alpha value is -1.37. The highest BCUT2D eigenvalue weighted by atomic mass is 32.1. The van der Waals surface area contributed by atoms with Crippen LogP contribution in [0.4, 0.5) is 0 Å². The van der Waals surface area contributed by atoms with Crippen molar-refractivity contribution < 1.29 is 4.74 Å². The van der Waals surface area contributed by atoms with E-state index in [2.05, 4.69) is 5.32 Å². The molecular formula is C8H12N4OS. The van der Waals surface area contributed by atoms with Gasteiger partial charge in [0.1, 0.15) is 13.1 Å². The zero-order valence-corrected chi connectivity index (χ0v) is 8.80. The number of ether oxygens (including phenoxy) is 1. The van der Waals surface area contributed by atoms with Gasteiger partial charge in [-0.25, -0.2) is 0 Å². The molecule has 0 saturated heterocycles. The highest BCUT2D eigenvalue weighted by Gasteiger charge is 2.06. The first kappa shape index (κ1) is 12.6. The van der Waals surface area contributed by atoms with Crippen molar-refractivity contribution >= 4 is 17.3 Å². The second-order valence-corrected chi connectivity index (χ2v) is 2.78. The van der Waals surface area contributed by atoms with Gasteiger partial charge in [0.05, 0.1) is 18.7 Å². The van der Waals surface area contributed by atoms with Crippen LogP contribution in [0.5, 0.6) is 0 Å². The predicted octanol–water partition coefficient (Wildman–Crippen LogP) is -0.144. The van der Waals surface area contributed by atoms with Crippen molar-refractivity contribution in [3.05, 3.63) is 0 Å². The van der Waals surface area contributed by atoms with E-state index in [1.807, 2.05) is 12.1 Å². The first-order chi connectivity index (χ1) is 6.76. The molecule has 6 heteroatoms. The number of rotatable bonds is 5. The van der Waals surface area contributed by atoms with Gasteiger partial charge in [-0.2, -0.15) is 10.5 Å². The number of thiocarbonyl (C=S) groups is 1. The fraction of sp³-hybridized carbons (Fsp3) is 0.625. The average Bonchev–Trinajstić information content (AvgIpc) is 2.18. The summed E-state index contributed by atoms with van der Waals surface area (Å²) in [6.07, 6.45) is 0. The fourth-order valence-electron chi connectivity index (χ4n) is 0.742. The molecule has 0 rings (SSSR count). The largest absolute Gasteiger partial charge is 0.383 e. The molecule has 0 atom stereocenters. The van der Waals surface area contributed by atoms with Gasteiger partial charge in [-0.3, -0.25) is 0 Å². The highest BCUT2D eigenvalue weighted by Crippen LogP contribution is 1.88. The molecule has 0 aromatic carbocycles. The Morgan fingerprint density at radius 3 is 2.43 bits per heavy atom. The average molecular weight is 212 g/mol. The summed E-state index contributed by atoms with van der Waals surface area (Å²) in [4.78, 5) is 1.49. The van der Waals surface area contributed by atoms with Crippen molar-refractivity contribution in [2.75, 3.05) is 33.4 Å². The highest BCUT2D eigenvalue weighted by molar-refractivity contribution is 7.80. The van der Waals surface area contributed by atoms with Crippen LogP contribution in [0.3, 0.4) is 0 Å². The normalized spacial score (nSPS) is 8.50. The zero-order valence-electron chi connectivity index (χ0n) is 7.99. The van der Waals surface area contributed by atoms with E-state index in [0.717, 1.165) is 0 Å². The van der Waals surface area contributed by atoms with Crippen molar-refractivity contribution in [3.63, 3.8) is 0 Å². The summed E-state index contributed by atoms with van der Waals surface area (Å²) in [5.41, 5.74) is 0. The van der Waals surface area contributed by atoms with Gasteiger partial charge in [-0.1, -0.05) is 0 Å². The minimum atomic E-state index is 0.117. The first-order valence-corrected chi connectivity index (χ1v) is 4.42. The molecular weight excluding hydrogens is 200 g/mol. The Morgan fingerprint density at radius 1 is 1.43 bits per heavy atom. The quantitative estimate of drug-likeness (QED) is 0.388. The lowest BCUT2D eigenvalue weighted by molar-refractivity contribution is 0.203. The SMILES string of the molecule is COCCNC(=S)N(CC#N)CC#N. The minimum absolute atomic E-state index is 0.117. The van der Waals surface area contributed by atoms with Crippen molar-refractivity contribution in [2.45, 2.75) is 0 Å². The van der Waals surface area contributed by atoms with Crippen LogP contribution in [0.15, 0.2) is 0 Å². The molecule has 0 spiro atoms. The molecule has 0 aliphatic heterocycles. The monoisotopic (exact) mass is 212 g/mol. The summed E-state index contributed by atoms with van der Waals surface area (Å²) < 4.78 is 4.82. The van der Waals surface area contributed by atoms with E-state index in [4.69, 9.17) is 27.5 Å². The second kappa shape index (κ2) is 8.24. The molecule has 0 radical (unpaired) electrons. The van der Waals surface area contributed by atoms with Gasteiger partial charge in [0.15, 0.2) is 5.11 Å². The molecule has 0 saturated carbocycles. The number of nitrogens with one attached hydrogen (secondary N) is 1. The van der Waals surface area contributed by atoms with Gasteiger partial charge in [0, 0.05) is 13.7 Å². The molecule has 76 valence electrons. The Kier molecular flexibility index (Phi) is 7.43. The topological polar surface area (TPSA) is 72.1 Å². The molecule has 0 amide bonds. The summed E-state index contributed by atoms with van der Waals surface area (Å²) in [5.74, 6) is 0. The zero-order chi connectivity index (χ0) is 10.8. The molecule has 0 fully saturated rings. The molecule has 0 aromatic rings. The number of methoxy groups -OCH3 is 1. The lowest BCUT2D eigenvalue weighted by Crippen LogP contribution is -2.41. The summed E-state index contributed by atoms with van der Waals surface area (Å²) in [5, 5.41) is 20.2. The molecule has 0 heterocycles. The number of nitrogens with zero attached hydrogens (tertiary/aromatic N) is 3. The van der Waals surface area contributed by atoms with Crippen molar-refractivity contribution in [2.24, 2.45) is 0 Å². The van der Waals surface area contributed by atoms with Crippen LogP contribution in [0.25, 0.3) is 0 Å². The van der Waals surface area contributed by atoms with Crippen molar-refractivity contribution in [3.8, 4) is 12.1 Å². The summed E-state index contributed by atoms with van der Waals surface area (Å²) in [7, 11) is 1.59. The second-order valence-electron chi connectivity index (χ2n) is 2.40. The Balaban J connectivity index is 3.91. The van der Waals surface area contributed by atoms with Crippen molar-refractivity contribution in [1.29, 1.82) is 10.5 Å². The molecule has 0 aromatic heterocycles. The maximum Gasteiger partial charge on any atom is 0.170 e. The molecule has 0 aliphatic carbocycles. The van der Waals surface area contributed by atoms with Crippen LogP contribution >= 0.6 is 12.2 Å². The maximum atomic E-state index is 8.47. The fourth-order valence-corrected chi connectivity index (χ4v) is 0.973. The van der Waals surface area contributed by atoms with Gasteiger partial charge < -0.3 is 15.0 Å². The van der Waals surface area contributed by atoms with Crippen LogP contribution in [0.1, 0.15) is 0 Å². The Bertz CT molecular complexity index is 239. The lowest BCUT2D eigenvalue weighted by atomic mass is 10.5. The molecule has 0 aliphatic rings. The van der Waals surface area contributed by atoms with E-state index < -0.39 is 0 Å². The molecule has 0 unspecified atom stereocenters. The van der Waals surface area contributed by atoms with E-state index in [1.165, 1.54) is 4.90 Å². The standard InChI is InChI=1S/C8H12N4OS/c1-13-7-4-11-8(14)12(5-2-9)6-3-10/h4-7H2,1H3,(H,11,14). The van der Waals surface area contributed by atoms with Gasteiger partial charge in [-0.05, 0) is 12.2 Å². The summed E-state index contributed by atoms with van der Waals surface area (Å²) >= 11 is 4.98. The third-order valence-electron chi connectivity index (χ3n) is 1.39. The first-order valence-electron chi connectivity index (χ1n) is 4.01. The van der Waals surface area contributed by atoms with Gasteiger partial charge in [0.2, 0.25) is 0 Å². The Morgan fingerprint density at radius 2 is 2.00 bits per heavy atom. The van der Waals surface area contributed by atoms with Gasteiger partial charge in [0.25, 0.3) is 0 Å². The predicted molar refractivity (Wildman–Crippen MR) is 55.3 cm³/mol. The summed E-state index contributed by atoms with van der Waals surface area (Å²) in [6.45, 7) is 1.34. The maximum absolute atomic E-state index is 8.47. The molecule has 1 N–H and O–H groups in total. The van der Waals surface area contributed by atoms with E-state index in [-0.39, 0.29) is 13.1 Å². The third-order valence-corrected chi connectivity index (χ3v) is 1.80.